The number of primary sulfonamides is 1. The second-order valence-electron chi connectivity index (χ2n) is 4.24. The summed E-state index contributed by atoms with van der Waals surface area (Å²) in [6.45, 7) is 0. The molecular formula is C12H10Cl2N4O4S. The molecule has 0 unspecified atom stereocenters. The number of halogens is 2. The van der Waals surface area contributed by atoms with Crippen LogP contribution in [0.15, 0.2) is 35.4 Å². The molecule has 0 saturated carbocycles. The highest BCUT2D eigenvalue weighted by Gasteiger charge is 2.22. The van der Waals surface area contributed by atoms with Gasteiger partial charge in [-0.15, -0.1) is 0 Å². The van der Waals surface area contributed by atoms with Crippen molar-refractivity contribution in [2.24, 2.45) is 5.14 Å². The van der Waals surface area contributed by atoms with E-state index in [4.69, 9.17) is 28.3 Å². The second-order valence-corrected chi connectivity index (χ2v) is 6.50. The van der Waals surface area contributed by atoms with E-state index in [0.717, 1.165) is 0 Å². The largest absolute Gasteiger partial charge is 0.504 e. The van der Waals surface area contributed by atoms with E-state index in [1.54, 1.807) is 6.07 Å². The fourth-order valence-electron chi connectivity index (χ4n) is 1.67. The van der Waals surface area contributed by atoms with Gasteiger partial charge in [0.25, 0.3) is 0 Å². The zero-order valence-electron chi connectivity index (χ0n) is 11.2. The number of carbonyl (C=O) groups is 1. The number of phenols is 1. The Labute approximate surface area is 141 Å². The number of nitrogens with one attached hydrogen (secondary N) is 2. The Balaban J connectivity index is 2.27. The van der Waals surface area contributed by atoms with Gasteiger partial charge in [0.15, 0.2) is 10.9 Å². The predicted octanol–water partition coefficient (Wildman–Crippen LogP) is 2.39. The van der Waals surface area contributed by atoms with Crippen LogP contribution in [0.1, 0.15) is 0 Å². The molecular weight excluding hydrogens is 367 g/mol. The molecule has 2 aromatic rings. The summed E-state index contributed by atoms with van der Waals surface area (Å²) in [7, 11) is -4.27. The van der Waals surface area contributed by atoms with E-state index >= 15 is 0 Å². The van der Waals surface area contributed by atoms with Crippen molar-refractivity contribution in [2.45, 2.75) is 4.90 Å². The van der Waals surface area contributed by atoms with Gasteiger partial charge in [-0.3, -0.25) is 0 Å². The van der Waals surface area contributed by atoms with Gasteiger partial charge in [0.1, 0.15) is 4.90 Å². The Hall–Kier alpha value is -2.07. The van der Waals surface area contributed by atoms with Gasteiger partial charge >= 0.3 is 6.03 Å². The summed E-state index contributed by atoms with van der Waals surface area (Å²) in [5.41, 5.74) is 0.0303. The molecule has 0 aliphatic rings. The quantitative estimate of drug-likeness (QED) is 0.481. The molecule has 1 heterocycles. The molecule has 0 saturated heterocycles. The van der Waals surface area contributed by atoms with E-state index in [1.165, 1.54) is 24.4 Å². The van der Waals surface area contributed by atoms with Crippen LogP contribution in [0.5, 0.6) is 5.75 Å². The highest BCUT2D eigenvalue weighted by atomic mass is 35.5. The molecule has 11 heteroatoms. The third-order valence-corrected chi connectivity index (χ3v) is 4.33. The topological polar surface area (TPSA) is 134 Å². The van der Waals surface area contributed by atoms with Crippen LogP contribution >= 0.6 is 23.2 Å². The Bertz CT molecular complexity index is 873. The molecule has 0 bridgehead atoms. The Morgan fingerprint density at radius 1 is 1.17 bits per heavy atom. The van der Waals surface area contributed by atoms with Crippen LogP contribution in [0.4, 0.5) is 16.2 Å². The second kappa shape index (κ2) is 6.59. The third-order valence-electron chi connectivity index (χ3n) is 2.62. The summed E-state index contributed by atoms with van der Waals surface area (Å²) in [5.74, 6) is -0.771. The molecule has 2 amide bonds. The van der Waals surface area contributed by atoms with Gasteiger partial charge in [-0.05, 0) is 24.3 Å². The number of phenolic OH excluding ortho intramolecular Hbond substituents is 1. The third kappa shape index (κ3) is 4.02. The molecule has 0 aliphatic carbocycles. The number of pyridine rings is 1. The van der Waals surface area contributed by atoms with E-state index in [-0.39, 0.29) is 21.6 Å². The smallest absolute Gasteiger partial charge is 0.323 e. The van der Waals surface area contributed by atoms with Crippen molar-refractivity contribution in [1.29, 1.82) is 0 Å². The number of urea groups is 1. The molecule has 23 heavy (non-hydrogen) atoms. The molecule has 0 aliphatic heterocycles. The number of nitrogens with zero attached hydrogens (tertiary/aromatic N) is 1. The van der Waals surface area contributed by atoms with E-state index < -0.39 is 26.7 Å². The summed E-state index contributed by atoms with van der Waals surface area (Å²) < 4.78 is 22.9. The zero-order valence-corrected chi connectivity index (χ0v) is 13.6. The van der Waals surface area contributed by atoms with Crippen molar-refractivity contribution < 1.29 is 18.3 Å². The molecule has 122 valence electrons. The molecule has 0 spiro atoms. The van der Waals surface area contributed by atoms with Crippen molar-refractivity contribution in [1.82, 2.24) is 4.98 Å². The monoisotopic (exact) mass is 376 g/mol. The van der Waals surface area contributed by atoms with Crippen molar-refractivity contribution >= 4 is 50.6 Å². The van der Waals surface area contributed by atoms with E-state index in [1.807, 2.05) is 0 Å². The van der Waals surface area contributed by atoms with Crippen LogP contribution in [-0.2, 0) is 10.0 Å². The summed E-state index contributed by atoms with van der Waals surface area (Å²) in [6.07, 6.45) is 1.44. The fraction of sp³-hybridized carbons (Fsp3) is 0. The highest BCUT2D eigenvalue weighted by Crippen LogP contribution is 2.36. The number of aromatic hydroxyl groups is 1. The first kappa shape index (κ1) is 17.3. The first-order chi connectivity index (χ1) is 10.7. The normalized spacial score (nSPS) is 11.1. The lowest BCUT2D eigenvalue weighted by Crippen LogP contribution is -2.20. The van der Waals surface area contributed by atoms with Crippen molar-refractivity contribution in [3.05, 3.63) is 40.6 Å². The van der Waals surface area contributed by atoms with Crippen LogP contribution in [-0.4, -0.2) is 24.5 Å². The van der Waals surface area contributed by atoms with Crippen molar-refractivity contribution in [2.75, 3.05) is 10.6 Å². The van der Waals surface area contributed by atoms with Gasteiger partial charge < -0.3 is 15.7 Å². The summed E-state index contributed by atoms with van der Waals surface area (Å²) in [6, 6.07) is 4.68. The summed E-state index contributed by atoms with van der Waals surface area (Å²) in [5, 5.41) is 19.4. The maximum atomic E-state index is 11.9. The minimum Gasteiger partial charge on any atom is -0.504 e. The van der Waals surface area contributed by atoms with E-state index in [0.29, 0.717) is 0 Å². The van der Waals surface area contributed by atoms with Gasteiger partial charge in [-0.2, -0.15) is 0 Å². The number of amides is 2. The first-order valence-corrected chi connectivity index (χ1v) is 8.23. The van der Waals surface area contributed by atoms with Gasteiger partial charge in [-0.25, -0.2) is 23.3 Å². The number of anilines is 2. The number of sulfonamides is 1. The molecule has 0 radical (unpaired) electrons. The average molecular weight is 377 g/mol. The van der Waals surface area contributed by atoms with Crippen molar-refractivity contribution in [3.8, 4) is 5.75 Å². The molecule has 8 nitrogen and oxygen atoms in total. The molecule has 0 atom stereocenters. The summed E-state index contributed by atoms with van der Waals surface area (Å²) >= 11 is 11.5. The zero-order chi connectivity index (χ0) is 17.2. The van der Waals surface area contributed by atoms with Gasteiger partial charge in [-0.1, -0.05) is 23.2 Å². The van der Waals surface area contributed by atoms with Gasteiger partial charge in [0, 0.05) is 6.20 Å². The number of hydrogen-bond acceptors (Lipinski definition) is 5. The number of benzene rings is 1. The highest BCUT2D eigenvalue weighted by molar-refractivity contribution is 7.89. The SMILES string of the molecule is NS(=O)(=O)c1c(Cl)ccc(NC(=O)Nc2cccnc2Cl)c1O. The Morgan fingerprint density at radius 2 is 1.83 bits per heavy atom. The molecule has 1 aromatic heterocycles. The van der Waals surface area contributed by atoms with E-state index in [2.05, 4.69) is 15.6 Å². The molecule has 5 N–H and O–H groups in total. The van der Waals surface area contributed by atoms with Gasteiger partial charge in [0.2, 0.25) is 10.0 Å². The number of carbonyl (C=O) groups excluding carboxylic acids is 1. The average Bonchev–Trinajstić information content (AvgIpc) is 2.43. The van der Waals surface area contributed by atoms with E-state index in [9.17, 15) is 18.3 Å². The number of rotatable bonds is 3. The maximum Gasteiger partial charge on any atom is 0.323 e. The standard InChI is InChI=1S/C12H10Cl2N4O4S/c13-6-3-4-7(9(19)10(6)23(15,21)22)17-12(20)18-8-2-1-5-16-11(8)14/h1-5,19H,(H2,15,21,22)(H2,17,18,20). The minimum atomic E-state index is -4.27. The van der Waals surface area contributed by atoms with Crippen LogP contribution in [0, 0.1) is 0 Å². The summed E-state index contributed by atoms with van der Waals surface area (Å²) in [4.78, 5) is 15.0. The molecule has 2 rings (SSSR count). The van der Waals surface area contributed by atoms with Crippen LogP contribution in [0.2, 0.25) is 10.2 Å². The van der Waals surface area contributed by atoms with Crippen LogP contribution in [0.3, 0.4) is 0 Å². The number of aromatic nitrogens is 1. The lowest BCUT2D eigenvalue weighted by Gasteiger charge is -2.12. The number of nitrogens with two attached hydrogens (primary N) is 1. The van der Waals surface area contributed by atoms with Crippen molar-refractivity contribution in [3.63, 3.8) is 0 Å². The lowest BCUT2D eigenvalue weighted by atomic mass is 10.3. The lowest BCUT2D eigenvalue weighted by molar-refractivity contribution is 0.262. The van der Waals surface area contributed by atoms with Crippen LogP contribution in [0.25, 0.3) is 0 Å². The maximum absolute atomic E-state index is 11.9. The Morgan fingerprint density at radius 3 is 2.43 bits per heavy atom. The number of hydrogen-bond donors (Lipinski definition) is 4. The first-order valence-electron chi connectivity index (χ1n) is 5.93. The fourth-order valence-corrected chi connectivity index (χ4v) is 3.03. The predicted molar refractivity (Wildman–Crippen MR) is 86.4 cm³/mol. The van der Waals surface area contributed by atoms with Gasteiger partial charge in [0.05, 0.1) is 16.4 Å². The molecule has 0 fully saturated rings. The minimum absolute atomic E-state index is 0.0632. The Kier molecular flexibility index (Phi) is 4.95. The van der Waals surface area contributed by atoms with Crippen LogP contribution < -0.4 is 15.8 Å². The molecule has 1 aromatic carbocycles.